The van der Waals surface area contributed by atoms with E-state index in [2.05, 4.69) is 10.3 Å². The molecule has 0 unspecified atom stereocenters. The van der Waals surface area contributed by atoms with Gasteiger partial charge in [-0.2, -0.15) is 0 Å². The van der Waals surface area contributed by atoms with Crippen molar-refractivity contribution in [2.45, 2.75) is 32.9 Å². The predicted molar refractivity (Wildman–Crippen MR) is 103 cm³/mol. The van der Waals surface area contributed by atoms with Gasteiger partial charge in [-0.1, -0.05) is 0 Å². The van der Waals surface area contributed by atoms with Crippen LogP contribution in [0.15, 0.2) is 41.8 Å². The van der Waals surface area contributed by atoms with Gasteiger partial charge in [0.2, 0.25) is 0 Å². The van der Waals surface area contributed by atoms with E-state index in [1.54, 1.807) is 36.5 Å². The Hall–Kier alpha value is -2.25. The van der Waals surface area contributed by atoms with Gasteiger partial charge >= 0.3 is 0 Å². The van der Waals surface area contributed by atoms with E-state index in [1.165, 1.54) is 24.3 Å². The maximum Gasteiger partial charge on any atom is 0.263 e. The molecular formula is C19H19FN2O2S2. The number of nitrogens with one attached hydrogen (secondary N) is 1. The number of hydrogen-bond donors (Lipinski definition) is 1. The standard InChI is InChI=1S/C19H19FN2O2S2/c1-12-22-16(11-25-12)17-9-8-15(26-17)10-21-18(23)19(2,3)24-14-6-4-13(20)5-7-14/h4-9,11H,10H2,1-3H3,(H,21,23). The summed E-state index contributed by atoms with van der Waals surface area (Å²) in [5, 5.41) is 5.96. The molecule has 136 valence electrons. The molecule has 4 nitrogen and oxygen atoms in total. The van der Waals surface area contributed by atoms with Gasteiger partial charge in [0.25, 0.3) is 5.91 Å². The largest absolute Gasteiger partial charge is 0.478 e. The van der Waals surface area contributed by atoms with E-state index < -0.39 is 5.60 Å². The van der Waals surface area contributed by atoms with Crippen molar-refractivity contribution in [2.75, 3.05) is 0 Å². The van der Waals surface area contributed by atoms with Gasteiger partial charge in [-0.25, -0.2) is 9.37 Å². The highest BCUT2D eigenvalue weighted by Crippen LogP contribution is 2.29. The molecule has 1 N–H and O–H groups in total. The van der Waals surface area contributed by atoms with E-state index in [9.17, 15) is 9.18 Å². The summed E-state index contributed by atoms with van der Waals surface area (Å²) in [5.41, 5.74) is -0.0979. The lowest BCUT2D eigenvalue weighted by Gasteiger charge is -2.25. The zero-order chi connectivity index (χ0) is 18.7. The van der Waals surface area contributed by atoms with Crippen LogP contribution in [0.2, 0.25) is 0 Å². The smallest absolute Gasteiger partial charge is 0.263 e. The molecule has 1 amide bonds. The number of hydrogen-bond acceptors (Lipinski definition) is 5. The SMILES string of the molecule is Cc1nc(-c2ccc(CNC(=O)C(C)(C)Oc3ccc(F)cc3)s2)cs1. The van der Waals surface area contributed by atoms with E-state index in [-0.39, 0.29) is 11.7 Å². The Labute approximate surface area is 159 Å². The fourth-order valence-corrected chi connectivity index (χ4v) is 3.91. The molecule has 0 spiro atoms. The minimum atomic E-state index is -1.07. The first-order valence-electron chi connectivity index (χ1n) is 8.07. The molecule has 0 aliphatic heterocycles. The van der Waals surface area contributed by atoms with Crippen molar-refractivity contribution in [1.29, 1.82) is 0 Å². The second-order valence-electron chi connectivity index (χ2n) is 6.27. The minimum Gasteiger partial charge on any atom is -0.478 e. The van der Waals surface area contributed by atoms with Gasteiger partial charge in [-0.05, 0) is 57.2 Å². The lowest BCUT2D eigenvalue weighted by molar-refractivity contribution is -0.134. The van der Waals surface area contributed by atoms with Gasteiger partial charge in [0.05, 0.1) is 22.1 Å². The third kappa shape index (κ3) is 4.47. The molecule has 7 heteroatoms. The summed E-state index contributed by atoms with van der Waals surface area (Å²) in [6, 6.07) is 9.62. The monoisotopic (exact) mass is 390 g/mol. The molecule has 1 aromatic carbocycles. The van der Waals surface area contributed by atoms with Crippen LogP contribution >= 0.6 is 22.7 Å². The summed E-state index contributed by atoms with van der Waals surface area (Å²) in [7, 11) is 0. The van der Waals surface area contributed by atoms with Crippen LogP contribution in [0.25, 0.3) is 10.6 Å². The molecule has 2 aromatic heterocycles. The lowest BCUT2D eigenvalue weighted by atomic mass is 10.1. The Kier molecular flexibility index (Phi) is 5.38. The van der Waals surface area contributed by atoms with Crippen LogP contribution in [-0.4, -0.2) is 16.5 Å². The average Bonchev–Trinajstić information content (AvgIpc) is 3.23. The van der Waals surface area contributed by atoms with Crippen molar-refractivity contribution < 1.29 is 13.9 Å². The number of ether oxygens (including phenoxy) is 1. The van der Waals surface area contributed by atoms with Crippen molar-refractivity contribution in [3.63, 3.8) is 0 Å². The number of carbonyl (C=O) groups excluding carboxylic acids is 1. The molecular weight excluding hydrogens is 371 g/mol. The number of rotatable bonds is 6. The summed E-state index contributed by atoms with van der Waals surface area (Å²) in [4.78, 5) is 19.1. The maximum atomic E-state index is 13.0. The quantitative estimate of drug-likeness (QED) is 0.658. The third-order valence-electron chi connectivity index (χ3n) is 3.69. The molecule has 3 aromatic rings. The van der Waals surface area contributed by atoms with Crippen molar-refractivity contribution >= 4 is 28.6 Å². The molecule has 0 aliphatic carbocycles. The number of thiazole rings is 1. The Morgan fingerprint density at radius 1 is 1.23 bits per heavy atom. The second kappa shape index (κ2) is 7.55. The van der Waals surface area contributed by atoms with E-state index in [0.717, 1.165) is 20.5 Å². The number of aromatic nitrogens is 1. The number of nitrogens with zero attached hydrogens (tertiary/aromatic N) is 1. The highest BCUT2D eigenvalue weighted by atomic mass is 32.1. The Morgan fingerprint density at radius 3 is 2.62 bits per heavy atom. The van der Waals surface area contributed by atoms with Crippen LogP contribution in [0.5, 0.6) is 5.75 Å². The summed E-state index contributed by atoms with van der Waals surface area (Å²) in [6.45, 7) is 5.77. The topological polar surface area (TPSA) is 51.2 Å². The van der Waals surface area contributed by atoms with Gasteiger partial charge in [0.1, 0.15) is 11.6 Å². The summed E-state index contributed by atoms with van der Waals surface area (Å²) < 4.78 is 18.7. The Morgan fingerprint density at radius 2 is 1.96 bits per heavy atom. The van der Waals surface area contributed by atoms with E-state index in [0.29, 0.717) is 12.3 Å². The first-order chi connectivity index (χ1) is 12.3. The second-order valence-corrected chi connectivity index (χ2v) is 8.50. The van der Waals surface area contributed by atoms with Gasteiger partial charge in [0.15, 0.2) is 5.60 Å². The maximum absolute atomic E-state index is 13.0. The van der Waals surface area contributed by atoms with E-state index in [4.69, 9.17) is 4.74 Å². The van der Waals surface area contributed by atoms with Crippen LogP contribution in [0.4, 0.5) is 4.39 Å². The molecule has 26 heavy (non-hydrogen) atoms. The van der Waals surface area contributed by atoms with E-state index >= 15 is 0 Å². The third-order valence-corrected chi connectivity index (χ3v) is 5.57. The zero-order valence-electron chi connectivity index (χ0n) is 14.7. The average molecular weight is 391 g/mol. The van der Waals surface area contributed by atoms with Crippen LogP contribution in [-0.2, 0) is 11.3 Å². The molecule has 3 rings (SSSR count). The molecule has 0 saturated carbocycles. The van der Waals surface area contributed by atoms with Gasteiger partial charge in [0, 0.05) is 10.3 Å². The normalized spacial score (nSPS) is 11.4. The van der Waals surface area contributed by atoms with Crippen LogP contribution in [0, 0.1) is 12.7 Å². The molecule has 0 radical (unpaired) electrons. The molecule has 0 aliphatic rings. The lowest BCUT2D eigenvalue weighted by Crippen LogP contribution is -2.46. The molecule has 0 saturated heterocycles. The number of amides is 1. The number of benzene rings is 1. The number of thiophene rings is 1. The number of aryl methyl sites for hydroxylation is 1. The van der Waals surface area contributed by atoms with Gasteiger partial charge in [-0.3, -0.25) is 4.79 Å². The predicted octanol–water partition coefficient (Wildman–Crippen LogP) is 4.79. The van der Waals surface area contributed by atoms with Crippen molar-refractivity contribution in [2.24, 2.45) is 0 Å². The number of halogens is 1. The minimum absolute atomic E-state index is 0.235. The van der Waals surface area contributed by atoms with Crippen molar-refractivity contribution in [3.05, 3.63) is 57.5 Å². The van der Waals surface area contributed by atoms with Gasteiger partial charge < -0.3 is 10.1 Å². The highest BCUT2D eigenvalue weighted by molar-refractivity contribution is 7.16. The van der Waals surface area contributed by atoms with Crippen LogP contribution in [0.1, 0.15) is 23.7 Å². The Bertz CT molecular complexity index is 900. The number of carbonyl (C=O) groups is 1. The van der Waals surface area contributed by atoms with Crippen molar-refractivity contribution in [1.82, 2.24) is 10.3 Å². The summed E-state index contributed by atoms with van der Waals surface area (Å²) in [5.74, 6) is -0.131. The van der Waals surface area contributed by atoms with E-state index in [1.807, 2.05) is 24.4 Å². The molecule has 0 bridgehead atoms. The summed E-state index contributed by atoms with van der Waals surface area (Å²) in [6.07, 6.45) is 0. The van der Waals surface area contributed by atoms with Gasteiger partial charge in [-0.15, -0.1) is 22.7 Å². The first-order valence-corrected chi connectivity index (χ1v) is 9.77. The van der Waals surface area contributed by atoms with Crippen LogP contribution in [0.3, 0.4) is 0 Å². The zero-order valence-corrected chi connectivity index (χ0v) is 16.3. The van der Waals surface area contributed by atoms with Crippen molar-refractivity contribution in [3.8, 4) is 16.3 Å². The fourth-order valence-electron chi connectivity index (χ4n) is 2.31. The highest BCUT2D eigenvalue weighted by Gasteiger charge is 2.29. The fraction of sp³-hybridized carbons (Fsp3) is 0.263. The molecule has 2 heterocycles. The Balaban J connectivity index is 1.59. The molecule has 0 fully saturated rings. The van der Waals surface area contributed by atoms with Crippen LogP contribution < -0.4 is 10.1 Å². The molecule has 0 atom stereocenters. The summed E-state index contributed by atoms with van der Waals surface area (Å²) >= 11 is 3.22. The first kappa shape index (κ1) is 18.5.